The van der Waals surface area contributed by atoms with Crippen LogP contribution in [0.2, 0.25) is 0 Å². The summed E-state index contributed by atoms with van der Waals surface area (Å²) in [4.78, 5) is 26.3. The summed E-state index contributed by atoms with van der Waals surface area (Å²) in [6, 6.07) is 11.6. The average Bonchev–Trinajstić information content (AvgIpc) is 3.09. The Kier molecular flexibility index (Phi) is 6.01. The van der Waals surface area contributed by atoms with E-state index in [0.717, 1.165) is 31.5 Å². The predicted octanol–water partition coefficient (Wildman–Crippen LogP) is 1.49. The lowest BCUT2D eigenvalue weighted by atomic mass is 10.0. The van der Waals surface area contributed by atoms with E-state index in [1.54, 1.807) is 13.0 Å². The monoisotopic (exact) mass is 356 g/mol. The maximum Gasteiger partial charge on any atom is 0.273 e. The Balaban J connectivity index is 1.37. The zero-order chi connectivity index (χ0) is 18.4. The van der Waals surface area contributed by atoms with Crippen molar-refractivity contribution >= 4 is 11.8 Å². The van der Waals surface area contributed by atoms with Gasteiger partial charge in [0.25, 0.3) is 5.91 Å². The summed E-state index contributed by atoms with van der Waals surface area (Å²) in [5.41, 5.74) is 1.40. The first-order valence-electron chi connectivity index (χ1n) is 8.87. The Bertz CT molecular complexity index is 736. The third-order valence-electron chi connectivity index (χ3n) is 4.48. The largest absolute Gasteiger partial charge is 0.361 e. The molecule has 2 N–H and O–H groups in total. The zero-order valence-corrected chi connectivity index (χ0v) is 14.9. The van der Waals surface area contributed by atoms with Gasteiger partial charge < -0.3 is 15.2 Å². The van der Waals surface area contributed by atoms with Crippen molar-refractivity contribution in [3.05, 3.63) is 53.4 Å². The second-order valence-corrected chi connectivity index (χ2v) is 6.61. The summed E-state index contributed by atoms with van der Waals surface area (Å²) in [5.74, 6) is 0.432. The molecule has 0 spiro atoms. The zero-order valence-electron chi connectivity index (χ0n) is 14.9. The van der Waals surface area contributed by atoms with Crippen molar-refractivity contribution in [3.8, 4) is 0 Å². The molecular weight excluding hydrogens is 332 g/mol. The van der Waals surface area contributed by atoms with Gasteiger partial charge in [0, 0.05) is 31.7 Å². The van der Waals surface area contributed by atoms with Crippen molar-refractivity contribution < 1.29 is 14.1 Å². The highest BCUT2D eigenvalue weighted by molar-refractivity contribution is 5.92. The number of rotatable bonds is 6. The summed E-state index contributed by atoms with van der Waals surface area (Å²) >= 11 is 0. The molecule has 3 rings (SSSR count). The first-order valence-corrected chi connectivity index (χ1v) is 8.87. The molecule has 2 heterocycles. The molecule has 1 aromatic carbocycles. The van der Waals surface area contributed by atoms with Gasteiger partial charge in [0.15, 0.2) is 5.69 Å². The first-order chi connectivity index (χ1) is 12.6. The molecule has 7 nitrogen and oxygen atoms in total. The summed E-state index contributed by atoms with van der Waals surface area (Å²) in [5, 5.41) is 9.66. The SMILES string of the molecule is Cc1cc(C(=O)NC2CCN(CC(=O)NCc3ccccc3)CC2)no1. The topological polar surface area (TPSA) is 87.5 Å². The minimum absolute atomic E-state index is 0.0226. The number of nitrogens with one attached hydrogen (secondary N) is 2. The van der Waals surface area contributed by atoms with E-state index < -0.39 is 0 Å². The van der Waals surface area contributed by atoms with Crippen molar-refractivity contribution in [2.24, 2.45) is 0 Å². The number of benzene rings is 1. The fraction of sp³-hybridized carbons (Fsp3) is 0.421. The summed E-state index contributed by atoms with van der Waals surface area (Å²) in [6.07, 6.45) is 1.63. The van der Waals surface area contributed by atoms with Crippen molar-refractivity contribution in [2.45, 2.75) is 32.4 Å². The summed E-state index contributed by atoms with van der Waals surface area (Å²) < 4.78 is 4.93. The van der Waals surface area contributed by atoms with Crippen molar-refractivity contribution in [1.29, 1.82) is 0 Å². The van der Waals surface area contributed by atoms with Gasteiger partial charge in [0.2, 0.25) is 5.91 Å². The molecule has 7 heteroatoms. The third kappa shape index (κ3) is 5.16. The third-order valence-corrected chi connectivity index (χ3v) is 4.48. The molecule has 1 aliphatic heterocycles. The number of piperidine rings is 1. The molecule has 2 aromatic rings. The number of hydrogen-bond acceptors (Lipinski definition) is 5. The minimum atomic E-state index is -0.207. The normalized spacial score (nSPS) is 15.6. The second-order valence-electron chi connectivity index (χ2n) is 6.61. The molecule has 0 saturated carbocycles. The molecule has 1 saturated heterocycles. The lowest BCUT2D eigenvalue weighted by Crippen LogP contribution is -2.47. The smallest absolute Gasteiger partial charge is 0.273 e. The molecule has 138 valence electrons. The van der Waals surface area contributed by atoms with Crippen LogP contribution in [0, 0.1) is 6.92 Å². The summed E-state index contributed by atoms with van der Waals surface area (Å²) in [6.45, 7) is 4.24. The van der Waals surface area contributed by atoms with Crippen molar-refractivity contribution in [2.75, 3.05) is 19.6 Å². The lowest BCUT2D eigenvalue weighted by molar-refractivity contribution is -0.122. The highest BCUT2D eigenvalue weighted by atomic mass is 16.5. The fourth-order valence-electron chi connectivity index (χ4n) is 3.02. The van der Waals surface area contributed by atoms with Gasteiger partial charge in [0.1, 0.15) is 5.76 Å². The van der Waals surface area contributed by atoms with Crippen LogP contribution in [0.4, 0.5) is 0 Å². The summed E-state index contributed by atoms with van der Waals surface area (Å²) in [7, 11) is 0. The van der Waals surface area contributed by atoms with Gasteiger partial charge >= 0.3 is 0 Å². The van der Waals surface area contributed by atoms with Gasteiger partial charge in [-0.05, 0) is 25.3 Å². The number of amides is 2. The van der Waals surface area contributed by atoms with Gasteiger partial charge in [-0.2, -0.15) is 0 Å². The standard InChI is InChI=1S/C19H24N4O3/c1-14-11-17(22-26-14)19(25)21-16-7-9-23(10-8-16)13-18(24)20-12-15-5-3-2-4-6-15/h2-6,11,16H,7-10,12-13H2,1H3,(H,20,24)(H,21,25). The van der Waals surface area contributed by atoms with Gasteiger partial charge in [-0.1, -0.05) is 35.5 Å². The van der Waals surface area contributed by atoms with E-state index >= 15 is 0 Å². The van der Waals surface area contributed by atoms with Crippen LogP contribution >= 0.6 is 0 Å². The van der Waals surface area contributed by atoms with Gasteiger partial charge in [-0.25, -0.2) is 0 Å². The van der Waals surface area contributed by atoms with E-state index in [9.17, 15) is 9.59 Å². The number of aromatic nitrogens is 1. The quantitative estimate of drug-likeness (QED) is 0.819. The molecule has 1 fully saturated rings. The van der Waals surface area contributed by atoms with Crippen LogP contribution in [-0.2, 0) is 11.3 Å². The molecule has 2 amide bonds. The van der Waals surface area contributed by atoms with E-state index in [1.165, 1.54) is 0 Å². The van der Waals surface area contributed by atoms with Crippen LogP contribution in [-0.4, -0.2) is 47.5 Å². The molecule has 0 unspecified atom stereocenters. The Hall–Kier alpha value is -2.67. The molecule has 1 aromatic heterocycles. The number of likely N-dealkylation sites (tertiary alicyclic amines) is 1. The van der Waals surface area contributed by atoms with Crippen LogP contribution in [0.1, 0.15) is 34.7 Å². The van der Waals surface area contributed by atoms with Crippen LogP contribution in [0.3, 0.4) is 0 Å². The highest BCUT2D eigenvalue weighted by Crippen LogP contribution is 2.11. The number of nitrogens with zero attached hydrogens (tertiary/aromatic N) is 2. The molecule has 0 radical (unpaired) electrons. The highest BCUT2D eigenvalue weighted by Gasteiger charge is 2.23. The Morgan fingerprint density at radius 1 is 1.23 bits per heavy atom. The van der Waals surface area contributed by atoms with E-state index in [1.807, 2.05) is 30.3 Å². The van der Waals surface area contributed by atoms with Gasteiger partial charge in [0.05, 0.1) is 6.54 Å². The second kappa shape index (κ2) is 8.62. The van der Waals surface area contributed by atoms with E-state index in [4.69, 9.17) is 4.52 Å². The molecule has 0 atom stereocenters. The number of hydrogen-bond donors (Lipinski definition) is 2. The Morgan fingerprint density at radius 3 is 2.62 bits per heavy atom. The van der Waals surface area contributed by atoms with E-state index in [2.05, 4.69) is 20.7 Å². The van der Waals surface area contributed by atoms with E-state index in [-0.39, 0.29) is 17.9 Å². The molecule has 0 bridgehead atoms. The predicted molar refractivity (Wildman–Crippen MR) is 96.5 cm³/mol. The molecule has 26 heavy (non-hydrogen) atoms. The van der Waals surface area contributed by atoms with Crippen molar-refractivity contribution in [1.82, 2.24) is 20.7 Å². The lowest BCUT2D eigenvalue weighted by Gasteiger charge is -2.31. The Labute approximate surface area is 152 Å². The first kappa shape index (κ1) is 18.1. The number of carbonyl (C=O) groups excluding carboxylic acids is 2. The Morgan fingerprint density at radius 2 is 1.96 bits per heavy atom. The number of carbonyl (C=O) groups is 2. The van der Waals surface area contributed by atoms with Crippen LogP contribution < -0.4 is 10.6 Å². The fourth-order valence-corrected chi connectivity index (χ4v) is 3.02. The van der Waals surface area contributed by atoms with E-state index in [0.29, 0.717) is 24.5 Å². The molecule has 0 aliphatic carbocycles. The van der Waals surface area contributed by atoms with Gasteiger partial charge in [-0.15, -0.1) is 0 Å². The van der Waals surface area contributed by atoms with Crippen LogP contribution in [0.15, 0.2) is 40.9 Å². The van der Waals surface area contributed by atoms with Gasteiger partial charge in [-0.3, -0.25) is 14.5 Å². The van der Waals surface area contributed by atoms with Crippen molar-refractivity contribution in [3.63, 3.8) is 0 Å². The molecule has 1 aliphatic rings. The van der Waals surface area contributed by atoms with Crippen LogP contribution in [0.5, 0.6) is 0 Å². The van der Waals surface area contributed by atoms with Crippen LogP contribution in [0.25, 0.3) is 0 Å². The number of aryl methyl sites for hydroxylation is 1. The average molecular weight is 356 g/mol. The maximum atomic E-state index is 12.1. The minimum Gasteiger partial charge on any atom is -0.361 e. The molecular formula is C19H24N4O3. The maximum absolute atomic E-state index is 12.1.